The molecule has 3 rings (SSSR count). The first-order valence-corrected chi connectivity index (χ1v) is 15.5. The number of benzene rings is 1. The molecule has 0 aliphatic heterocycles. The summed E-state index contributed by atoms with van der Waals surface area (Å²) in [6.45, 7) is 5.52. The van der Waals surface area contributed by atoms with Gasteiger partial charge < -0.3 is 4.74 Å². The molecule has 0 unspecified atom stereocenters. The lowest BCUT2D eigenvalue weighted by molar-refractivity contribution is 0.228. The van der Waals surface area contributed by atoms with E-state index < -0.39 is 0 Å². The van der Waals surface area contributed by atoms with Crippen LogP contribution in [0.5, 0.6) is 5.75 Å². The Morgan fingerprint density at radius 3 is 1.47 bits per heavy atom. The quantitative estimate of drug-likeness (QED) is 0.219. The van der Waals surface area contributed by atoms with Crippen molar-refractivity contribution < 1.29 is 4.74 Å². The summed E-state index contributed by atoms with van der Waals surface area (Å²) in [5.74, 6) is 5.05. The van der Waals surface area contributed by atoms with Crippen LogP contribution in [0, 0.1) is 23.7 Å². The second kappa shape index (κ2) is 16.6. The van der Waals surface area contributed by atoms with Gasteiger partial charge in [-0.15, -0.1) is 0 Å². The van der Waals surface area contributed by atoms with Crippen LogP contribution in [0.15, 0.2) is 24.3 Å². The monoisotopic (exact) mass is 468 g/mol. The predicted octanol–water partition coefficient (Wildman–Crippen LogP) is 10.6. The second-order valence-corrected chi connectivity index (χ2v) is 11.9. The van der Waals surface area contributed by atoms with E-state index in [0.717, 1.165) is 36.0 Å². The molecule has 2 aliphatic rings. The third-order valence-corrected chi connectivity index (χ3v) is 9.15. The predicted molar refractivity (Wildman–Crippen MR) is 149 cm³/mol. The van der Waals surface area contributed by atoms with Crippen LogP contribution < -0.4 is 4.74 Å². The maximum Gasteiger partial charge on any atom is 0.119 e. The minimum Gasteiger partial charge on any atom is -0.494 e. The smallest absolute Gasteiger partial charge is 0.119 e. The van der Waals surface area contributed by atoms with Gasteiger partial charge in [0.1, 0.15) is 5.75 Å². The van der Waals surface area contributed by atoms with Gasteiger partial charge in [0.15, 0.2) is 0 Å². The average Bonchev–Trinajstić information content (AvgIpc) is 2.88. The summed E-state index contributed by atoms with van der Waals surface area (Å²) in [7, 11) is 0. The molecule has 0 saturated heterocycles. The van der Waals surface area contributed by atoms with Crippen molar-refractivity contribution in [2.45, 2.75) is 142 Å². The molecule has 0 amide bonds. The summed E-state index contributed by atoms with van der Waals surface area (Å²) in [5.41, 5.74) is 1.49. The number of aryl methyl sites for hydroxylation is 1. The average molecular weight is 469 g/mol. The zero-order chi connectivity index (χ0) is 23.8. The Hall–Kier alpha value is -0.980. The van der Waals surface area contributed by atoms with Gasteiger partial charge in [-0.05, 0) is 67.1 Å². The van der Waals surface area contributed by atoms with E-state index in [1.165, 1.54) is 134 Å². The standard InChI is InChI=1S/C33H56O/c1-3-5-7-10-28-13-15-30(16-14-28)12-9-27-34-33-25-23-32(24-26-33)22-21-31-19-17-29(18-20-31)11-8-6-4-2/h23-26,28-31H,3-22,27H2,1-2H3/t28-,29-,30-,31-. The number of unbranched alkanes of at least 4 members (excludes halogenated alkanes) is 4. The van der Waals surface area contributed by atoms with Gasteiger partial charge in [0.05, 0.1) is 6.61 Å². The van der Waals surface area contributed by atoms with Crippen LogP contribution in [-0.4, -0.2) is 6.61 Å². The Morgan fingerprint density at radius 1 is 0.559 bits per heavy atom. The third-order valence-electron chi connectivity index (χ3n) is 9.15. The molecule has 2 aliphatic carbocycles. The van der Waals surface area contributed by atoms with E-state index in [1.54, 1.807) is 0 Å². The molecular formula is C33H56O. The highest BCUT2D eigenvalue weighted by Crippen LogP contribution is 2.35. The first kappa shape index (κ1) is 27.6. The van der Waals surface area contributed by atoms with Crippen molar-refractivity contribution >= 4 is 0 Å². The van der Waals surface area contributed by atoms with Gasteiger partial charge in [-0.1, -0.05) is 129 Å². The fraction of sp³-hybridized carbons (Fsp3) is 0.818. The molecule has 0 bridgehead atoms. The van der Waals surface area contributed by atoms with E-state index in [1.807, 2.05) is 0 Å². The maximum absolute atomic E-state index is 6.09. The molecule has 2 saturated carbocycles. The molecule has 0 atom stereocenters. The van der Waals surface area contributed by atoms with Gasteiger partial charge in [0.25, 0.3) is 0 Å². The summed E-state index contributed by atoms with van der Waals surface area (Å²) >= 11 is 0. The van der Waals surface area contributed by atoms with E-state index >= 15 is 0 Å². The van der Waals surface area contributed by atoms with Crippen molar-refractivity contribution in [1.29, 1.82) is 0 Å². The van der Waals surface area contributed by atoms with Crippen molar-refractivity contribution in [3.8, 4) is 5.75 Å². The van der Waals surface area contributed by atoms with Crippen molar-refractivity contribution in [2.24, 2.45) is 23.7 Å². The zero-order valence-corrected chi connectivity index (χ0v) is 22.9. The summed E-state index contributed by atoms with van der Waals surface area (Å²) < 4.78 is 6.09. The van der Waals surface area contributed by atoms with Gasteiger partial charge in [0, 0.05) is 0 Å². The van der Waals surface area contributed by atoms with Crippen molar-refractivity contribution in [3.05, 3.63) is 29.8 Å². The van der Waals surface area contributed by atoms with E-state index in [9.17, 15) is 0 Å². The Kier molecular flexibility index (Phi) is 13.5. The highest BCUT2D eigenvalue weighted by atomic mass is 16.5. The van der Waals surface area contributed by atoms with Crippen LogP contribution in [0.4, 0.5) is 0 Å². The largest absolute Gasteiger partial charge is 0.494 e. The van der Waals surface area contributed by atoms with Crippen LogP contribution in [0.3, 0.4) is 0 Å². The Bertz CT molecular complexity index is 604. The van der Waals surface area contributed by atoms with E-state index in [4.69, 9.17) is 4.74 Å². The van der Waals surface area contributed by atoms with Crippen LogP contribution in [0.2, 0.25) is 0 Å². The Morgan fingerprint density at radius 2 is 1.00 bits per heavy atom. The number of rotatable bonds is 16. The Balaban J connectivity index is 1.21. The van der Waals surface area contributed by atoms with E-state index in [0.29, 0.717) is 0 Å². The second-order valence-electron chi connectivity index (χ2n) is 11.9. The molecule has 0 aromatic heterocycles. The van der Waals surface area contributed by atoms with Gasteiger partial charge in [-0.3, -0.25) is 0 Å². The molecule has 1 heteroatoms. The van der Waals surface area contributed by atoms with Gasteiger partial charge in [-0.25, -0.2) is 0 Å². The normalized spacial score (nSPS) is 25.4. The molecule has 1 aromatic rings. The summed E-state index contributed by atoms with van der Waals surface area (Å²) in [6.07, 6.45) is 28.5. The molecule has 0 spiro atoms. The fourth-order valence-electron chi connectivity index (χ4n) is 6.67. The molecule has 0 radical (unpaired) electrons. The molecule has 0 heterocycles. The summed E-state index contributed by atoms with van der Waals surface area (Å²) in [5, 5.41) is 0. The molecular weight excluding hydrogens is 412 g/mol. The molecule has 1 nitrogen and oxygen atoms in total. The van der Waals surface area contributed by atoms with Crippen molar-refractivity contribution in [2.75, 3.05) is 6.61 Å². The lowest BCUT2D eigenvalue weighted by atomic mass is 9.78. The first-order chi connectivity index (χ1) is 16.8. The number of ether oxygens (including phenoxy) is 1. The number of hydrogen-bond acceptors (Lipinski definition) is 1. The van der Waals surface area contributed by atoms with E-state index in [-0.39, 0.29) is 0 Å². The molecule has 0 N–H and O–H groups in total. The van der Waals surface area contributed by atoms with Crippen LogP contribution in [0.25, 0.3) is 0 Å². The minimum atomic E-state index is 0.886. The van der Waals surface area contributed by atoms with Crippen molar-refractivity contribution in [1.82, 2.24) is 0 Å². The Labute approximate surface area is 212 Å². The topological polar surface area (TPSA) is 9.23 Å². The SMILES string of the molecule is CCCCC[C@H]1CC[C@H](CCCOc2ccc(CC[C@H]3CC[C@H](CCCCC)CC3)cc2)CC1. The van der Waals surface area contributed by atoms with Crippen LogP contribution in [0.1, 0.15) is 141 Å². The third kappa shape index (κ3) is 10.7. The fourth-order valence-corrected chi connectivity index (χ4v) is 6.67. The van der Waals surface area contributed by atoms with E-state index in [2.05, 4.69) is 38.1 Å². The highest BCUT2D eigenvalue weighted by molar-refractivity contribution is 5.27. The lowest BCUT2D eigenvalue weighted by Gasteiger charge is -2.28. The van der Waals surface area contributed by atoms with Crippen LogP contribution >= 0.6 is 0 Å². The maximum atomic E-state index is 6.09. The number of hydrogen-bond donors (Lipinski definition) is 0. The van der Waals surface area contributed by atoms with Gasteiger partial charge >= 0.3 is 0 Å². The molecule has 1 aromatic carbocycles. The van der Waals surface area contributed by atoms with Crippen LogP contribution in [-0.2, 0) is 6.42 Å². The molecule has 34 heavy (non-hydrogen) atoms. The molecule has 194 valence electrons. The molecule has 2 fully saturated rings. The van der Waals surface area contributed by atoms with Gasteiger partial charge in [-0.2, -0.15) is 0 Å². The van der Waals surface area contributed by atoms with Crippen molar-refractivity contribution in [3.63, 3.8) is 0 Å². The minimum absolute atomic E-state index is 0.886. The zero-order valence-electron chi connectivity index (χ0n) is 22.9. The summed E-state index contributed by atoms with van der Waals surface area (Å²) in [6, 6.07) is 9.04. The highest BCUT2D eigenvalue weighted by Gasteiger charge is 2.21. The summed E-state index contributed by atoms with van der Waals surface area (Å²) in [4.78, 5) is 0. The van der Waals surface area contributed by atoms with Gasteiger partial charge in [0.2, 0.25) is 0 Å². The lowest BCUT2D eigenvalue weighted by Crippen LogP contribution is -2.15. The first-order valence-electron chi connectivity index (χ1n) is 15.5.